The van der Waals surface area contributed by atoms with Gasteiger partial charge in [-0.25, -0.2) is 0 Å². The number of phenols is 1. The van der Waals surface area contributed by atoms with Gasteiger partial charge in [-0.15, -0.1) is 0 Å². The predicted octanol–water partition coefficient (Wildman–Crippen LogP) is 4.18. The van der Waals surface area contributed by atoms with Gasteiger partial charge in [-0.2, -0.15) is 0 Å². The van der Waals surface area contributed by atoms with Crippen molar-refractivity contribution in [1.82, 2.24) is 4.90 Å². The van der Waals surface area contributed by atoms with Crippen LogP contribution in [-0.4, -0.2) is 29.0 Å². The first-order chi connectivity index (χ1) is 13.6. The highest BCUT2D eigenvalue weighted by Gasteiger charge is 2.31. The fourth-order valence-corrected chi connectivity index (χ4v) is 4.37. The van der Waals surface area contributed by atoms with Gasteiger partial charge < -0.3 is 14.9 Å². The molecule has 140 valence electrons. The number of carbonyl (C=O) groups excluding carboxylic acids is 1. The molecule has 1 fully saturated rings. The summed E-state index contributed by atoms with van der Waals surface area (Å²) in [7, 11) is 0. The molecule has 5 rings (SSSR count). The summed E-state index contributed by atoms with van der Waals surface area (Å²) in [5.41, 5.74) is 5.03. The molecule has 2 heterocycles. The van der Waals surface area contributed by atoms with E-state index in [9.17, 15) is 9.90 Å². The lowest BCUT2D eigenvalue weighted by atomic mass is 9.89. The van der Waals surface area contributed by atoms with E-state index in [0.717, 1.165) is 42.6 Å². The number of hydrogen-bond donors (Lipinski definition) is 1. The Kier molecular flexibility index (Phi) is 3.86. The number of aromatic hydroxyl groups is 1. The molecule has 3 aromatic carbocycles. The third-order valence-corrected chi connectivity index (χ3v) is 5.96. The monoisotopic (exact) mass is 370 g/mol. The van der Waals surface area contributed by atoms with Gasteiger partial charge in [0.05, 0.1) is 0 Å². The van der Waals surface area contributed by atoms with E-state index in [1.807, 2.05) is 35.2 Å². The summed E-state index contributed by atoms with van der Waals surface area (Å²) in [6, 6.07) is 18.6. The Bertz CT molecular complexity index is 1100. The van der Waals surface area contributed by atoms with Crippen molar-refractivity contribution in [1.29, 1.82) is 0 Å². The van der Waals surface area contributed by atoms with Crippen LogP contribution in [0.25, 0.3) is 10.8 Å². The molecule has 0 spiro atoms. The average Bonchev–Trinajstić information content (AvgIpc) is 3.09. The van der Waals surface area contributed by atoms with Crippen LogP contribution in [0.4, 0.5) is 5.69 Å². The van der Waals surface area contributed by atoms with Crippen LogP contribution in [0.15, 0.2) is 67.3 Å². The number of phenolic OH excluding ortho intramolecular Hbond substituents is 1. The van der Waals surface area contributed by atoms with Gasteiger partial charge in [0.25, 0.3) is 0 Å². The lowest BCUT2D eigenvalue weighted by molar-refractivity contribution is -0.130. The summed E-state index contributed by atoms with van der Waals surface area (Å²) in [5.74, 6) is 0.719. The van der Waals surface area contributed by atoms with Crippen LogP contribution >= 0.6 is 0 Å². The third kappa shape index (κ3) is 2.73. The number of hydrogen-bond acceptors (Lipinski definition) is 3. The number of carbonyl (C=O) groups is 1. The normalized spacial score (nSPS) is 16.1. The first kappa shape index (κ1) is 16.9. The smallest absolute Gasteiger partial charge is 0.245 e. The van der Waals surface area contributed by atoms with Crippen LogP contribution in [-0.2, 0) is 17.9 Å². The Hall–Kier alpha value is -3.27. The first-order valence-electron chi connectivity index (χ1n) is 9.62. The number of fused-ring (bicyclic) bond motifs is 2. The van der Waals surface area contributed by atoms with Crippen LogP contribution in [0.2, 0.25) is 0 Å². The molecule has 0 aromatic heterocycles. The van der Waals surface area contributed by atoms with E-state index in [1.54, 1.807) is 0 Å². The van der Waals surface area contributed by atoms with Crippen LogP contribution in [0, 0.1) is 0 Å². The highest BCUT2D eigenvalue weighted by atomic mass is 16.3. The molecule has 1 amide bonds. The SMILES string of the molecule is C=CC(=O)N1CC(c2ccc3c(c2)CN(c2cc(O)cc4ccccc24)C3)C1. The Morgan fingerprint density at radius 1 is 1.04 bits per heavy atom. The Morgan fingerprint density at radius 3 is 2.64 bits per heavy atom. The van der Waals surface area contributed by atoms with Crippen molar-refractivity contribution in [3.8, 4) is 5.75 Å². The van der Waals surface area contributed by atoms with Crippen LogP contribution in [0.5, 0.6) is 5.75 Å². The lowest BCUT2D eigenvalue weighted by Crippen LogP contribution is -2.47. The summed E-state index contributed by atoms with van der Waals surface area (Å²) in [6.07, 6.45) is 1.39. The molecule has 4 heteroatoms. The number of benzene rings is 3. The molecule has 2 aliphatic rings. The quantitative estimate of drug-likeness (QED) is 0.704. The summed E-state index contributed by atoms with van der Waals surface area (Å²) >= 11 is 0. The third-order valence-electron chi connectivity index (χ3n) is 5.96. The Balaban J connectivity index is 1.40. The standard InChI is InChI=1S/C24H22N2O2/c1-2-24(28)26-14-20(15-26)16-7-8-18-12-25(13-19(18)9-16)23-11-21(27)10-17-5-3-4-6-22(17)23/h2-11,20,27H,1,12-15H2. The van der Waals surface area contributed by atoms with E-state index in [-0.39, 0.29) is 5.91 Å². The largest absolute Gasteiger partial charge is 0.508 e. The van der Waals surface area contributed by atoms with Crippen molar-refractivity contribution in [3.63, 3.8) is 0 Å². The highest BCUT2D eigenvalue weighted by molar-refractivity contribution is 5.95. The lowest BCUT2D eigenvalue weighted by Gasteiger charge is -2.39. The van der Waals surface area contributed by atoms with Gasteiger partial charge in [0.2, 0.25) is 5.91 Å². The van der Waals surface area contributed by atoms with E-state index < -0.39 is 0 Å². The molecule has 1 N–H and O–H groups in total. The summed E-state index contributed by atoms with van der Waals surface area (Å²) < 4.78 is 0. The van der Waals surface area contributed by atoms with Crippen molar-refractivity contribution in [2.24, 2.45) is 0 Å². The van der Waals surface area contributed by atoms with Crippen molar-refractivity contribution in [2.45, 2.75) is 19.0 Å². The fraction of sp³-hybridized carbons (Fsp3) is 0.208. The molecule has 0 atom stereocenters. The van der Waals surface area contributed by atoms with Crippen molar-refractivity contribution >= 4 is 22.4 Å². The van der Waals surface area contributed by atoms with E-state index in [0.29, 0.717) is 11.7 Å². The van der Waals surface area contributed by atoms with Crippen molar-refractivity contribution in [3.05, 3.63) is 83.9 Å². The minimum Gasteiger partial charge on any atom is -0.508 e. The van der Waals surface area contributed by atoms with E-state index in [2.05, 4.69) is 35.7 Å². The molecule has 1 saturated heterocycles. The molecule has 2 aliphatic heterocycles. The molecule has 28 heavy (non-hydrogen) atoms. The van der Waals surface area contributed by atoms with Crippen molar-refractivity contribution < 1.29 is 9.90 Å². The maximum Gasteiger partial charge on any atom is 0.245 e. The second kappa shape index (κ2) is 6.41. The van der Waals surface area contributed by atoms with Gasteiger partial charge in [-0.05, 0) is 34.2 Å². The summed E-state index contributed by atoms with van der Waals surface area (Å²) in [5, 5.41) is 12.4. The summed E-state index contributed by atoms with van der Waals surface area (Å²) in [4.78, 5) is 15.8. The zero-order valence-corrected chi connectivity index (χ0v) is 15.6. The molecule has 0 radical (unpaired) electrons. The van der Waals surface area contributed by atoms with E-state index in [4.69, 9.17) is 0 Å². The van der Waals surface area contributed by atoms with Crippen LogP contribution in [0.1, 0.15) is 22.6 Å². The minimum absolute atomic E-state index is 0.0133. The molecule has 4 nitrogen and oxygen atoms in total. The van der Waals surface area contributed by atoms with Crippen molar-refractivity contribution in [2.75, 3.05) is 18.0 Å². The Morgan fingerprint density at radius 2 is 1.82 bits per heavy atom. The van der Waals surface area contributed by atoms with Gasteiger partial charge in [-0.1, -0.05) is 49.0 Å². The zero-order valence-electron chi connectivity index (χ0n) is 15.6. The fourth-order valence-electron chi connectivity index (χ4n) is 4.37. The number of anilines is 1. The second-order valence-corrected chi connectivity index (χ2v) is 7.71. The number of rotatable bonds is 3. The zero-order chi connectivity index (χ0) is 19.3. The topological polar surface area (TPSA) is 43.8 Å². The number of nitrogens with zero attached hydrogens (tertiary/aromatic N) is 2. The maximum absolute atomic E-state index is 11.7. The first-order valence-corrected chi connectivity index (χ1v) is 9.62. The molecule has 0 saturated carbocycles. The Labute approximate surface area is 164 Å². The maximum atomic E-state index is 11.7. The molecule has 0 aliphatic carbocycles. The summed E-state index contributed by atoms with van der Waals surface area (Å²) in [6.45, 7) is 6.77. The predicted molar refractivity (Wildman–Crippen MR) is 111 cm³/mol. The second-order valence-electron chi connectivity index (χ2n) is 7.71. The van der Waals surface area contributed by atoms with E-state index in [1.165, 1.54) is 22.8 Å². The van der Waals surface area contributed by atoms with Gasteiger partial charge in [0.1, 0.15) is 5.75 Å². The molecular formula is C24H22N2O2. The highest BCUT2D eigenvalue weighted by Crippen LogP contribution is 2.37. The number of likely N-dealkylation sites (tertiary alicyclic amines) is 1. The van der Waals surface area contributed by atoms with Crippen LogP contribution < -0.4 is 4.90 Å². The van der Waals surface area contributed by atoms with Gasteiger partial charge in [-0.3, -0.25) is 4.79 Å². The molecule has 0 bridgehead atoms. The minimum atomic E-state index is 0.0133. The molecule has 3 aromatic rings. The van der Waals surface area contributed by atoms with E-state index >= 15 is 0 Å². The van der Waals surface area contributed by atoms with Gasteiger partial charge in [0, 0.05) is 49.2 Å². The molecular weight excluding hydrogens is 348 g/mol. The molecule has 0 unspecified atom stereocenters. The van der Waals surface area contributed by atoms with Gasteiger partial charge in [0.15, 0.2) is 0 Å². The number of amides is 1. The average molecular weight is 370 g/mol. The van der Waals surface area contributed by atoms with Gasteiger partial charge >= 0.3 is 0 Å². The van der Waals surface area contributed by atoms with Crippen LogP contribution in [0.3, 0.4) is 0 Å².